The summed E-state index contributed by atoms with van der Waals surface area (Å²) in [6.45, 7) is 4.13. The lowest BCUT2D eigenvalue weighted by molar-refractivity contribution is 0.226. The van der Waals surface area contributed by atoms with Crippen LogP contribution in [0.1, 0.15) is 43.7 Å². The second kappa shape index (κ2) is 6.36. The highest BCUT2D eigenvalue weighted by Crippen LogP contribution is 2.36. The first kappa shape index (κ1) is 14.2. The zero-order valence-corrected chi connectivity index (χ0v) is 13.0. The molecule has 110 valence electrons. The predicted molar refractivity (Wildman–Crippen MR) is 83.8 cm³/mol. The standard InChI is InChI=1S/C17H24ClNO/c1-2-7-19-16(12-4-3-5-12)11-14-10-15(18)9-13-6-8-20-17(13)14/h9-10,12,16,19H,2-8,11H2,1H3. The Kier molecular flexibility index (Phi) is 4.52. The molecule has 1 fully saturated rings. The van der Waals surface area contributed by atoms with Gasteiger partial charge in [0.2, 0.25) is 0 Å². The summed E-state index contributed by atoms with van der Waals surface area (Å²) in [7, 11) is 0. The lowest BCUT2D eigenvalue weighted by Crippen LogP contribution is -2.41. The second-order valence-electron chi connectivity index (χ2n) is 6.11. The summed E-state index contributed by atoms with van der Waals surface area (Å²) in [5.74, 6) is 1.94. The van der Waals surface area contributed by atoms with Gasteiger partial charge in [-0.2, -0.15) is 0 Å². The second-order valence-corrected chi connectivity index (χ2v) is 6.54. The van der Waals surface area contributed by atoms with Gasteiger partial charge in [-0.15, -0.1) is 0 Å². The van der Waals surface area contributed by atoms with Crippen LogP contribution >= 0.6 is 11.6 Å². The molecule has 1 unspecified atom stereocenters. The fourth-order valence-electron chi connectivity index (χ4n) is 3.31. The molecule has 0 aromatic heterocycles. The van der Waals surface area contributed by atoms with Crippen LogP contribution in [0.4, 0.5) is 0 Å². The van der Waals surface area contributed by atoms with Crippen LogP contribution in [0, 0.1) is 5.92 Å². The lowest BCUT2D eigenvalue weighted by Gasteiger charge is -2.35. The van der Waals surface area contributed by atoms with E-state index in [1.165, 1.54) is 36.8 Å². The Morgan fingerprint density at radius 1 is 1.40 bits per heavy atom. The van der Waals surface area contributed by atoms with Crippen LogP contribution in [-0.4, -0.2) is 19.2 Å². The number of benzene rings is 1. The Morgan fingerprint density at radius 2 is 2.25 bits per heavy atom. The Hall–Kier alpha value is -0.730. The van der Waals surface area contributed by atoms with E-state index in [-0.39, 0.29) is 0 Å². The normalized spacial score (nSPS) is 19.3. The van der Waals surface area contributed by atoms with Crippen molar-refractivity contribution in [2.24, 2.45) is 5.92 Å². The van der Waals surface area contributed by atoms with Gasteiger partial charge in [-0.1, -0.05) is 24.9 Å². The smallest absolute Gasteiger partial charge is 0.125 e. The van der Waals surface area contributed by atoms with E-state index in [1.807, 2.05) is 0 Å². The number of hydrogen-bond acceptors (Lipinski definition) is 2. The topological polar surface area (TPSA) is 21.3 Å². The van der Waals surface area contributed by atoms with Crippen LogP contribution < -0.4 is 10.1 Å². The van der Waals surface area contributed by atoms with Gasteiger partial charge >= 0.3 is 0 Å². The van der Waals surface area contributed by atoms with Crippen molar-refractivity contribution in [3.05, 3.63) is 28.3 Å². The minimum Gasteiger partial charge on any atom is -0.493 e. The zero-order valence-electron chi connectivity index (χ0n) is 12.3. The van der Waals surface area contributed by atoms with E-state index in [2.05, 4.69) is 24.4 Å². The fourth-order valence-corrected chi connectivity index (χ4v) is 3.58. The van der Waals surface area contributed by atoms with Gasteiger partial charge in [-0.3, -0.25) is 0 Å². The number of fused-ring (bicyclic) bond motifs is 1. The highest BCUT2D eigenvalue weighted by Gasteiger charge is 2.28. The molecule has 1 atom stereocenters. The Morgan fingerprint density at radius 3 is 2.95 bits per heavy atom. The Labute approximate surface area is 126 Å². The molecule has 1 aromatic rings. The highest BCUT2D eigenvalue weighted by molar-refractivity contribution is 6.30. The number of halogens is 1. The summed E-state index contributed by atoms with van der Waals surface area (Å²) in [4.78, 5) is 0. The quantitative estimate of drug-likeness (QED) is 0.856. The van der Waals surface area contributed by atoms with Crippen molar-refractivity contribution in [3.8, 4) is 5.75 Å². The van der Waals surface area contributed by atoms with Crippen molar-refractivity contribution < 1.29 is 4.74 Å². The first-order chi connectivity index (χ1) is 9.78. The zero-order chi connectivity index (χ0) is 13.9. The highest BCUT2D eigenvalue weighted by atomic mass is 35.5. The maximum atomic E-state index is 6.27. The van der Waals surface area contributed by atoms with Crippen LogP contribution in [-0.2, 0) is 12.8 Å². The van der Waals surface area contributed by atoms with Crippen LogP contribution in [0.5, 0.6) is 5.75 Å². The third kappa shape index (κ3) is 2.96. The predicted octanol–water partition coefficient (Wildman–Crippen LogP) is 3.99. The Balaban J connectivity index is 1.77. The third-order valence-electron chi connectivity index (χ3n) is 4.64. The summed E-state index contributed by atoms with van der Waals surface area (Å²) < 4.78 is 5.83. The molecule has 1 aliphatic heterocycles. The molecular formula is C17H24ClNO. The Bertz CT molecular complexity index is 470. The molecule has 1 saturated carbocycles. The molecule has 2 nitrogen and oxygen atoms in total. The first-order valence-corrected chi connectivity index (χ1v) is 8.33. The van der Waals surface area contributed by atoms with Crippen molar-refractivity contribution >= 4 is 11.6 Å². The average molecular weight is 294 g/mol. The minimum absolute atomic E-state index is 0.579. The van der Waals surface area contributed by atoms with E-state index in [9.17, 15) is 0 Å². The molecule has 2 aliphatic rings. The van der Waals surface area contributed by atoms with Crippen LogP contribution in [0.3, 0.4) is 0 Å². The van der Waals surface area contributed by atoms with Crippen molar-refractivity contribution in [2.45, 2.75) is 51.5 Å². The van der Waals surface area contributed by atoms with E-state index < -0.39 is 0 Å². The molecule has 0 spiro atoms. The molecule has 0 saturated heterocycles. The lowest BCUT2D eigenvalue weighted by atomic mass is 9.77. The average Bonchev–Trinajstić information content (AvgIpc) is 2.81. The maximum Gasteiger partial charge on any atom is 0.125 e. The van der Waals surface area contributed by atoms with E-state index in [1.54, 1.807) is 0 Å². The van der Waals surface area contributed by atoms with Gasteiger partial charge in [0.05, 0.1) is 6.61 Å². The van der Waals surface area contributed by atoms with E-state index in [4.69, 9.17) is 16.3 Å². The van der Waals surface area contributed by atoms with E-state index in [0.29, 0.717) is 6.04 Å². The van der Waals surface area contributed by atoms with E-state index >= 15 is 0 Å². The molecule has 0 bridgehead atoms. The molecule has 1 aromatic carbocycles. The number of nitrogens with one attached hydrogen (secondary N) is 1. The molecular weight excluding hydrogens is 270 g/mol. The van der Waals surface area contributed by atoms with Crippen LogP contribution in [0.25, 0.3) is 0 Å². The van der Waals surface area contributed by atoms with Gasteiger partial charge in [0.15, 0.2) is 0 Å². The molecule has 1 aliphatic carbocycles. The summed E-state index contributed by atoms with van der Waals surface area (Å²) >= 11 is 6.27. The number of ether oxygens (including phenoxy) is 1. The SMILES string of the molecule is CCCNC(Cc1cc(Cl)cc2c1OCC2)C1CCC1. The van der Waals surface area contributed by atoms with Gasteiger partial charge in [-0.25, -0.2) is 0 Å². The number of hydrogen-bond donors (Lipinski definition) is 1. The number of rotatable bonds is 6. The third-order valence-corrected chi connectivity index (χ3v) is 4.86. The van der Waals surface area contributed by atoms with Crippen molar-refractivity contribution in [2.75, 3.05) is 13.2 Å². The van der Waals surface area contributed by atoms with Crippen molar-refractivity contribution in [1.82, 2.24) is 5.32 Å². The van der Waals surface area contributed by atoms with Gasteiger partial charge < -0.3 is 10.1 Å². The minimum atomic E-state index is 0.579. The molecule has 1 N–H and O–H groups in total. The summed E-state index contributed by atoms with van der Waals surface area (Å²) in [6.07, 6.45) is 7.36. The van der Waals surface area contributed by atoms with Crippen LogP contribution in [0.2, 0.25) is 5.02 Å². The summed E-state index contributed by atoms with van der Waals surface area (Å²) in [6, 6.07) is 4.74. The summed E-state index contributed by atoms with van der Waals surface area (Å²) in [5, 5.41) is 4.59. The molecule has 3 rings (SSSR count). The summed E-state index contributed by atoms with van der Waals surface area (Å²) in [5.41, 5.74) is 2.58. The molecule has 20 heavy (non-hydrogen) atoms. The van der Waals surface area contributed by atoms with Gasteiger partial charge in [-0.05, 0) is 61.4 Å². The fraction of sp³-hybridized carbons (Fsp3) is 0.647. The van der Waals surface area contributed by atoms with Gasteiger partial charge in [0.25, 0.3) is 0 Å². The van der Waals surface area contributed by atoms with Crippen molar-refractivity contribution in [1.29, 1.82) is 0 Å². The monoisotopic (exact) mass is 293 g/mol. The maximum absolute atomic E-state index is 6.27. The largest absolute Gasteiger partial charge is 0.493 e. The molecule has 1 heterocycles. The first-order valence-electron chi connectivity index (χ1n) is 7.95. The molecule has 0 radical (unpaired) electrons. The van der Waals surface area contributed by atoms with E-state index in [0.717, 1.165) is 42.7 Å². The molecule has 3 heteroatoms. The molecule has 0 amide bonds. The van der Waals surface area contributed by atoms with Gasteiger partial charge in [0, 0.05) is 17.5 Å². The van der Waals surface area contributed by atoms with Gasteiger partial charge in [0.1, 0.15) is 5.75 Å². The van der Waals surface area contributed by atoms with Crippen LogP contribution in [0.15, 0.2) is 12.1 Å². The van der Waals surface area contributed by atoms with Crippen molar-refractivity contribution in [3.63, 3.8) is 0 Å².